The van der Waals surface area contributed by atoms with Gasteiger partial charge in [0.25, 0.3) is 0 Å². The standard InChI is InChI=1S/C18H24FN5O/c1-2-4-13-12(10-20-23-13)18(25)24-8-3-5-16(24)17-21-14-7-6-11(19)9-15(14)22-17/h6-7,9,12-13,16,20,23H,2-5,8,10H2,1H3,(H,21,22). The van der Waals surface area contributed by atoms with E-state index in [1.165, 1.54) is 12.1 Å². The molecule has 0 bridgehead atoms. The van der Waals surface area contributed by atoms with Gasteiger partial charge in [-0.25, -0.2) is 9.37 Å². The van der Waals surface area contributed by atoms with Crippen LogP contribution < -0.4 is 10.9 Å². The minimum Gasteiger partial charge on any atom is -0.340 e. The summed E-state index contributed by atoms with van der Waals surface area (Å²) in [5.74, 6) is 0.623. The van der Waals surface area contributed by atoms with Gasteiger partial charge in [-0.2, -0.15) is 0 Å². The molecular formula is C18H24FN5O. The van der Waals surface area contributed by atoms with Crippen molar-refractivity contribution in [3.05, 3.63) is 29.8 Å². The smallest absolute Gasteiger partial charge is 0.229 e. The maximum atomic E-state index is 13.4. The highest BCUT2D eigenvalue weighted by molar-refractivity contribution is 5.81. The van der Waals surface area contributed by atoms with Gasteiger partial charge in [0.1, 0.15) is 11.6 Å². The Morgan fingerprint density at radius 2 is 2.32 bits per heavy atom. The molecular weight excluding hydrogens is 321 g/mol. The second-order valence-corrected chi connectivity index (χ2v) is 7.00. The van der Waals surface area contributed by atoms with Crippen LogP contribution in [-0.2, 0) is 4.79 Å². The number of H-pyrrole nitrogens is 1. The van der Waals surface area contributed by atoms with Crippen LogP contribution in [0.2, 0.25) is 0 Å². The molecule has 0 spiro atoms. The predicted molar refractivity (Wildman–Crippen MR) is 93.1 cm³/mol. The third-order valence-corrected chi connectivity index (χ3v) is 5.33. The molecule has 1 amide bonds. The molecule has 134 valence electrons. The Labute approximate surface area is 146 Å². The van der Waals surface area contributed by atoms with Gasteiger partial charge in [-0.3, -0.25) is 15.6 Å². The Hall–Kier alpha value is -1.99. The lowest BCUT2D eigenvalue weighted by atomic mass is 9.96. The van der Waals surface area contributed by atoms with Crippen molar-refractivity contribution in [2.75, 3.05) is 13.1 Å². The summed E-state index contributed by atoms with van der Waals surface area (Å²) in [4.78, 5) is 22.9. The number of aromatic nitrogens is 2. The van der Waals surface area contributed by atoms with Crippen LogP contribution in [0, 0.1) is 11.7 Å². The number of aromatic amines is 1. The van der Waals surface area contributed by atoms with Crippen LogP contribution in [0.4, 0.5) is 4.39 Å². The topological polar surface area (TPSA) is 73.0 Å². The summed E-state index contributed by atoms with van der Waals surface area (Å²) in [6.45, 7) is 3.55. The van der Waals surface area contributed by atoms with Gasteiger partial charge in [-0.1, -0.05) is 13.3 Å². The third kappa shape index (κ3) is 3.02. The van der Waals surface area contributed by atoms with E-state index in [1.807, 2.05) is 4.90 Å². The summed E-state index contributed by atoms with van der Waals surface area (Å²) >= 11 is 0. The summed E-state index contributed by atoms with van der Waals surface area (Å²) in [6, 6.07) is 4.67. The van der Waals surface area contributed by atoms with Crippen LogP contribution in [0.5, 0.6) is 0 Å². The zero-order valence-electron chi connectivity index (χ0n) is 14.4. The first-order valence-corrected chi connectivity index (χ1v) is 9.11. The lowest BCUT2D eigenvalue weighted by Gasteiger charge is -2.28. The van der Waals surface area contributed by atoms with Crippen molar-refractivity contribution < 1.29 is 9.18 Å². The largest absolute Gasteiger partial charge is 0.340 e. The number of carbonyl (C=O) groups excluding carboxylic acids is 1. The maximum Gasteiger partial charge on any atom is 0.229 e. The van der Waals surface area contributed by atoms with E-state index < -0.39 is 0 Å². The number of hydrazine groups is 1. The number of benzene rings is 1. The van der Waals surface area contributed by atoms with Crippen molar-refractivity contribution in [2.45, 2.75) is 44.7 Å². The summed E-state index contributed by atoms with van der Waals surface area (Å²) < 4.78 is 13.4. The average Bonchev–Trinajstić information content (AvgIpc) is 3.32. The fraction of sp³-hybridized carbons (Fsp3) is 0.556. The first-order chi connectivity index (χ1) is 12.2. The summed E-state index contributed by atoms with van der Waals surface area (Å²) in [5, 5.41) is 0. The SMILES string of the molecule is CCCC1NNCC1C(=O)N1CCCC1c1nc2ccc(F)cc2[nH]1. The van der Waals surface area contributed by atoms with Gasteiger partial charge in [0.05, 0.1) is 23.0 Å². The van der Waals surface area contributed by atoms with E-state index in [0.717, 1.165) is 43.6 Å². The molecule has 3 N–H and O–H groups in total. The number of rotatable bonds is 4. The third-order valence-electron chi connectivity index (χ3n) is 5.33. The van der Waals surface area contributed by atoms with Crippen molar-refractivity contribution in [2.24, 2.45) is 5.92 Å². The number of hydrogen-bond acceptors (Lipinski definition) is 4. The molecule has 2 aromatic rings. The quantitative estimate of drug-likeness (QED) is 0.795. The van der Waals surface area contributed by atoms with E-state index in [-0.39, 0.29) is 29.7 Å². The van der Waals surface area contributed by atoms with Crippen LogP contribution in [0.25, 0.3) is 11.0 Å². The number of hydrogen-bond donors (Lipinski definition) is 3. The van der Waals surface area contributed by atoms with Gasteiger partial charge in [-0.15, -0.1) is 0 Å². The summed E-state index contributed by atoms with van der Waals surface area (Å²) in [7, 11) is 0. The van der Waals surface area contributed by atoms with Gasteiger partial charge >= 0.3 is 0 Å². The Morgan fingerprint density at radius 1 is 1.44 bits per heavy atom. The molecule has 4 rings (SSSR count). The zero-order chi connectivity index (χ0) is 17.4. The van der Waals surface area contributed by atoms with Crippen LogP contribution in [-0.4, -0.2) is 39.9 Å². The van der Waals surface area contributed by atoms with Crippen LogP contribution in [0.1, 0.15) is 44.5 Å². The summed E-state index contributed by atoms with van der Waals surface area (Å²) in [5.41, 5.74) is 7.79. The number of nitrogens with zero attached hydrogens (tertiary/aromatic N) is 2. The van der Waals surface area contributed by atoms with Crippen LogP contribution >= 0.6 is 0 Å². The van der Waals surface area contributed by atoms with Crippen molar-refractivity contribution in [1.29, 1.82) is 0 Å². The minimum atomic E-state index is -0.285. The van der Waals surface area contributed by atoms with E-state index in [9.17, 15) is 9.18 Å². The van der Waals surface area contributed by atoms with Crippen molar-refractivity contribution in [3.8, 4) is 0 Å². The first-order valence-electron chi connectivity index (χ1n) is 9.11. The lowest BCUT2D eigenvalue weighted by molar-refractivity contribution is -0.136. The molecule has 1 aromatic carbocycles. The van der Waals surface area contributed by atoms with Crippen molar-refractivity contribution in [1.82, 2.24) is 25.7 Å². The second-order valence-electron chi connectivity index (χ2n) is 7.00. The molecule has 0 saturated carbocycles. The van der Waals surface area contributed by atoms with Crippen LogP contribution in [0.3, 0.4) is 0 Å². The van der Waals surface area contributed by atoms with E-state index in [1.54, 1.807) is 6.07 Å². The number of halogens is 1. The highest BCUT2D eigenvalue weighted by atomic mass is 19.1. The van der Waals surface area contributed by atoms with E-state index in [4.69, 9.17) is 0 Å². The van der Waals surface area contributed by atoms with Gasteiger partial charge in [0.2, 0.25) is 5.91 Å². The monoisotopic (exact) mass is 345 g/mol. The Kier molecular flexibility index (Phi) is 4.43. The molecule has 25 heavy (non-hydrogen) atoms. The number of nitrogens with one attached hydrogen (secondary N) is 3. The molecule has 2 aliphatic heterocycles. The molecule has 3 heterocycles. The number of fused-ring (bicyclic) bond motifs is 1. The molecule has 3 unspecified atom stereocenters. The minimum absolute atomic E-state index is 0.0395. The highest BCUT2D eigenvalue weighted by Gasteiger charge is 2.40. The maximum absolute atomic E-state index is 13.4. The van der Waals surface area contributed by atoms with Gasteiger partial charge in [0, 0.05) is 19.1 Å². The van der Waals surface area contributed by atoms with Gasteiger partial charge in [0.15, 0.2) is 0 Å². The van der Waals surface area contributed by atoms with E-state index in [2.05, 4.69) is 27.7 Å². The lowest BCUT2D eigenvalue weighted by Crippen LogP contribution is -2.42. The molecule has 6 nitrogen and oxygen atoms in total. The van der Waals surface area contributed by atoms with Crippen LogP contribution in [0.15, 0.2) is 18.2 Å². The normalized spacial score (nSPS) is 26.6. The average molecular weight is 345 g/mol. The molecule has 1 aromatic heterocycles. The first kappa shape index (κ1) is 16.5. The fourth-order valence-corrected chi connectivity index (χ4v) is 4.07. The number of carbonyl (C=O) groups is 1. The molecule has 0 aliphatic carbocycles. The van der Waals surface area contributed by atoms with Crippen molar-refractivity contribution >= 4 is 16.9 Å². The Bertz CT molecular complexity index is 776. The zero-order valence-corrected chi connectivity index (χ0v) is 14.4. The van der Waals surface area contributed by atoms with Gasteiger partial charge in [-0.05, 0) is 37.5 Å². The number of amides is 1. The van der Waals surface area contributed by atoms with E-state index >= 15 is 0 Å². The van der Waals surface area contributed by atoms with Gasteiger partial charge < -0.3 is 9.88 Å². The number of imidazole rings is 1. The molecule has 3 atom stereocenters. The van der Waals surface area contributed by atoms with E-state index in [0.29, 0.717) is 12.1 Å². The Balaban J connectivity index is 1.57. The predicted octanol–water partition coefficient (Wildman–Crippen LogP) is 2.26. The second kappa shape index (κ2) is 6.72. The molecule has 2 saturated heterocycles. The van der Waals surface area contributed by atoms with Crippen molar-refractivity contribution in [3.63, 3.8) is 0 Å². The molecule has 2 aliphatic rings. The molecule has 7 heteroatoms. The Morgan fingerprint density at radius 3 is 3.16 bits per heavy atom. The molecule has 2 fully saturated rings. The summed E-state index contributed by atoms with van der Waals surface area (Å²) in [6.07, 6.45) is 3.88. The fourth-order valence-electron chi connectivity index (χ4n) is 4.07. The molecule has 0 radical (unpaired) electrons. The highest BCUT2D eigenvalue weighted by Crippen LogP contribution is 2.33. The number of likely N-dealkylation sites (tertiary alicyclic amines) is 1.